The first-order chi connectivity index (χ1) is 9.00. The summed E-state index contributed by atoms with van der Waals surface area (Å²) in [5, 5.41) is -1.89. The van der Waals surface area contributed by atoms with Crippen molar-refractivity contribution in [1.82, 2.24) is 4.98 Å². The maximum atomic E-state index is 12.9. The van der Waals surface area contributed by atoms with Crippen molar-refractivity contribution in [3.05, 3.63) is 39.6 Å². The van der Waals surface area contributed by atoms with Crippen molar-refractivity contribution in [2.24, 2.45) is 0 Å². The predicted octanol–water partition coefficient (Wildman–Crippen LogP) is 5.58. The predicted molar refractivity (Wildman–Crippen MR) is 61.8 cm³/mol. The maximum Gasteiger partial charge on any atom is 0.417 e. The Morgan fingerprint density at radius 1 is 0.850 bits per heavy atom. The Labute approximate surface area is 118 Å². The molecular weight excluding hydrogens is 331 g/mol. The van der Waals surface area contributed by atoms with Gasteiger partial charge in [-0.25, -0.2) is 4.98 Å². The van der Waals surface area contributed by atoms with Crippen molar-refractivity contribution in [3.8, 4) is 0 Å². The van der Waals surface area contributed by atoms with Gasteiger partial charge in [0.1, 0.15) is 10.3 Å². The molecule has 0 N–H and O–H groups in total. The molecule has 0 aliphatic carbocycles. The van der Waals surface area contributed by atoms with Gasteiger partial charge in [-0.1, -0.05) is 23.2 Å². The maximum absolute atomic E-state index is 12.9. The Hall–Kier alpha value is -1.21. The third kappa shape index (κ3) is 2.78. The van der Waals surface area contributed by atoms with Crippen LogP contribution in [0.25, 0.3) is 10.8 Å². The van der Waals surface area contributed by atoms with Crippen molar-refractivity contribution in [2.75, 3.05) is 0 Å². The molecule has 9 heteroatoms. The molecule has 1 aromatic heterocycles. The van der Waals surface area contributed by atoms with Gasteiger partial charge in [0.05, 0.1) is 11.1 Å². The minimum Gasteiger partial charge on any atom is -0.224 e. The van der Waals surface area contributed by atoms with E-state index in [9.17, 15) is 26.3 Å². The van der Waals surface area contributed by atoms with E-state index >= 15 is 0 Å². The van der Waals surface area contributed by atoms with Crippen LogP contribution >= 0.6 is 23.2 Å². The van der Waals surface area contributed by atoms with Gasteiger partial charge in [-0.3, -0.25) is 0 Å². The Morgan fingerprint density at radius 3 is 1.95 bits per heavy atom. The fourth-order valence-electron chi connectivity index (χ4n) is 1.71. The first-order valence-corrected chi connectivity index (χ1v) is 5.70. The molecule has 108 valence electrons. The number of fused-ring (bicyclic) bond motifs is 1. The topological polar surface area (TPSA) is 12.9 Å². The van der Waals surface area contributed by atoms with Crippen LogP contribution in [0.1, 0.15) is 11.1 Å². The largest absolute Gasteiger partial charge is 0.417 e. The van der Waals surface area contributed by atoms with Crippen molar-refractivity contribution in [2.45, 2.75) is 12.4 Å². The third-order valence-corrected chi connectivity index (χ3v) is 2.95. The summed E-state index contributed by atoms with van der Waals surface area (Å²) in [5.41, 5.74) is -2.94. The van der Waals surface area contributed by atoms with Crippen LogP contribution in [0.4, 0.5) is 26.3 Å². The normalized spacial score (nSPS) is 13.0. The molecule has 0 saturated carbocycles. The Balaban J connectivity index is 2.93. The molecule has 1 aromatic carbocycles. The number of hydrogen-bond acceptors (Lipinski definition) is 1. The molecular formula is C11H3Cl2F6N. The Morgan fingerprint density at radius 2 is 1.45 bits per heavy atom. The van der Waals surface area contributed by atoms with E-state index in [1.165, 1.54) is 0 Å². The van der Waals surface area contributed by atoms with Gasteiger partial charge in [-0.15, -0.1) is 0 Å². The highest BCUT2D eigenvalue weighted by molar-refractivity contribution is 6.36. The lowest BCUT2D eigenvalue weighted by molar-refractivity contribution is -0.142. The van der Waals surface area contributed by atoms with Crippen LogP contribution in [-0.4, -0.2) is 4.98 Å². The van der Waals surface area contributed by atoms with Crippen LogP contribution in [0.2, 0.25) is 10.3 Å². The van der Waals surface area contributed by atoms with Gasteiger partial charge < -0.3 is 0 Å². The number of aromatic nitrogens is 1. The average Bonchev–Trinajstić information content (AvgIpc) is 2.24. The first kappa shape index (κ1) is 15.2. The lowest BCUT2D eigenvalue weighted by atomic mass is 10.0. The summed E-state index contributed by atoms with van der Waals surface area (Å²) in [5.74, 6) is 0. The summed E-state index contributed by atoms with van der Waals surface area (Å²) < 4.78 is 76.5. The molecule has 20 heavy (non-hydrogen) atoms. The fraction of sp³-hybridized carbons (Fsp3) is 0.182. The molecule has 0 bridgehead atoms. The molecule has 0 aliphatic rings. The summed E-state index contributed by atoms with van der Waals surface area (Å²) in [7, 11) is 0. The second-order valence-electron chi connectivity index (χ2n) is 3.85. The SMILES string of the molecule is FC(F)(F)c1cc(C(F)(F)F)c2c(Cl)nc(Cl)cc2c1. The summed E-state index contributed by atoms with van der Waals surface area (Å²) in [4.78, 5) is 3.42. The molecule has 0 atom stereocenters. The minimum absolute atomic E-state index is 0.00377. The van der Waals surface area contributed by atoms with E-state index in [1.54, 1.807) is 0 Å². The number of alkyl halides is 6. The first-order valence-electron chi connectivity index (χ1n) is 4.94. The molecule has 0 unspecified atom stereocenters. The van der Waals surface area contributed by atoms with Crippen molar-refractivity contribution < 1.29 is 26.3 Å². The molecule has 0 fully saturated rings. The van der Waals surface area contributed by atoms with Crippen molar-refractivity contribution in [1.29, 1.82) is 0 Å². The number of benzene rings is 1. The lowest BCUT2D eigenvalue weighted by Gasteiger charge is -2.15. The minimum atomic E-state index is -5.00. The molecule has 2 aromatic rings. The second-order valence-corrected chi connectivity index (χ2v) is 4.60. The number of hydrogen-bond donors (Lipinski definition) is 0. The van der Waals surface area contributed by atoms with E-state index < -0.39 is 34.0 Å². The van der Waals surface area contributed by atoms with E-state index in [1.807, 2.05) is 0 Å². The smallest absolute Gasteiger partial charge is 0.224 e. The van der Waals surface area contributed by atoms with E-state index in [0.29, 0.717) is 6.07 Å². The van der Waals surface area contributed by atoms with Gasteiger partial charge in [0.2, 0.25) is 0 Å². The van der Waals surface area contributed by atoms with Gasteiger partial charge in [-0.2, -0.15) is 26.3 Å². The molecule has 0 amide bonds. The Bertz CT molecular complexity index is 677. The monoisotopic (exact) mass is 333 g/mol. The van der Waals surface area contributed by atoms with Gasteiger partial charge in [0.25, 0.3) is 0 Å². The van der Waals surface area contributed by atoms with Crippen molar-refractivity contribution >= 4 is 34.0 Å². The highest BCUT2D eigenvalue weighted by atomic mass is 35.5. The van der Waals surface area contributed by atoms with Crippen LogP contribution in [-0.2, 0) is 12.4 Å². The van der Waals surface area contributed by atoms with Crippen LogP contribution in [0.3, 0.4) is 0 Å². The van der Waals surface area contributed by atoms with Crippen LogP contribution < -0.4 is 0 Å². The van der Waals surface area contributed by atoms with Gasteiger partial charge in [0.15, 0.2) is 0 Å². The molecule has 1 heterocycles. The Kier molecular flexibility index (Phi) is 3.54. The standard InChI is InChI=1S/C11H3Cl2F6N/c12-7-2-4-1-5(10(14,15)16)3-6(11(17,18)19)8(4)9(13)20-7/h1-3H. The zero-order valence-corrected chi connectivity index (χ0v) is 10.7. The zero-order valence-electron chi connectivity index (χ0n) is 9.20. The highest BCUT2D eigenvalue weighted by Crippen LogP contribution is 2.42. The molecule has 2 rings (SSSR count). The number of halogens is 8. The summed E-state index contributed by atoms with van der Waals surface area (Å²) in [6.07, 6.45) is -9.92. The third-order valence-electron chi connectivity index (χ3n) is 2.49. The van der Waals surface area contributed by atoms with Crippen molar-refractivity contribution in [3.63, 3.8) is 0 Å². The van der Waals surface area contributed by atoms with Crippen LogP contribution in [0, 0.1) is 0 Å². The quantitative estimate of drug-likeness (QED) is 0.453. The highest BCUT2D eigenvalue weighted by Gasteiger charge is 2.38. The van der Waals surface area contributed by atoms with Gasteiger partial charge in [0, 0.05) is 5.39 Å². The molecule has 0 saturated heterocycles. The summed E-state index contributed by atoms with van der Waals surface area (Å²) in [6.45, 7) is 0. The van der Waals surface area contributed by atoms with E-state index in [4.69, 9.17) is 23.2 Å². The average molecular weight is 334 g/mol. The van der Waals surface area contributed by atoms with E-state index in [0.717, 1.165) is 6.07 Å². The molecule has 1 nitrogen and oxygen atoms in total. The number of pyridine rings is 1. The number of nitrogens with zero attached hydrogens (tertiary/aromatic N) is 1. The summed E-state index contributed by atoms with van der Waals surface area (Å²) >= 11 is 11.1. The number of rotatable bonds is 0. The van der Waals surface area contributed by atoms with Crippen LogP contribution in [0.15, 0.2) is 18.2 Å². The summed E-state index contributed by atoms with van der Waals surface area (Å²) in [6, 6.07) is 1.45. The molecule has 0 spiro atoms. The van der Waals surface area contributed by atoms with Gasteiger partial charge >= 0.3 is 12.4 Å². The molecule has 0 radical (unpaired) electrons. The second kappa shape index (κ2) is 4.66. The zero-order chi connectivity index (χ0) is 15.3. The van der Waals surface area contributed by atoms with E-state index in [-0.39, 0.29) is 16.6 Å². The molecule has 0 aliphatic heterocycles. The van der Waals surface area contributed by atoms with E-state index in [2.05, 4.69) is 4.98 Å². The van der Waals surface area contributed by atoms with Gasteiger partial charge in [-0.05, 0) is 23.6 Å². The van der Waals surface area contributed by atoms with Crippen LogP contribution in [0.5, 0.6) is 0 Å². The lowest BCUT2D eigenvalue weighted by Crippen LogP contribution is -2.11. The fourth-order valence-corrected chi connectivity index (χ4v) is 2.25.